The maximum atomic E-state index is 13.0. The van der Waals surface area contributed by atoms with Gasteiger partial charge in [0.05, 0.1) is 0 Å². The average Bonchev–Trinajstić information content (AvgIpc) is 2.67. The van der Waals surface area contributed by atoms with E-state index in [1.807, 2.05) is 24.3 Å². The van der Waals surface area contributed by atoms with Gasteiger partial charge in [-0.05, 0) is 54.4 Å². The molecule has 0 heterocycles. The van der Waals surface area contributed by atoms with Crippen LogP contribution in [0, 0.1) is 11.6 Å². The Hall–Kier alpha value is -2.72. The molecule has 0 saturated heterocycles. The van der Waals surface area contributed by atoms with Crippen molar-refractivity contribution in [2.45, 2.75) is 19.6 Å². The standard InChI is InChI=1S/C22H21F2NO/c23-20-9-5-17(6-10-20)13-14-25-15-19-3-1-2-4-22(19)26-16-18-7-11-21(24)12-8-18/h1-12,25H,13-16H2. The third-order valence-electron chi connectivity index (χ3n) is 4.10. The summed E-state index contributed by atoms with van der Waals surface area (Å²) in [6, 6.07) is 20.7. The molecule has 0 saturated carbocycles. The Balaban J connectivity index is 1.50. The molecule has 0 amide bonds. The third kappa shape index (κ3) is 5.39. The van der Waals surface area contributed by atoms with E-state index in [4.69, 9.17) is 4.74 Å². The molecular formula is C22H21F2NO. The largest absolute Gasteiger partial charge is 0.489 e. The summed E-state index contributed by atoms with van der Waals surface area (Å²) in [7, 11) is 0. The van der Waals surface area contributed by atoms with Crippen LogP contribution in [0.1, 0.15) is 16.7 Å². The fourth-order valence-electron chi connectivity index (χ4n) is 2.64. The van der Waals surface area contributed by atoms with Crippen molar-refractivity contribution in [1.82, 2.24) is 5.32 Å². The molecule has 0 aliphatic rings. The van der Waals surface area contributed by atoms with Gasteiger partial charge in [-0.25, -0.2) is 8.78 Å². The number of nitrogens with one attached hydrogen (secondary N) is 1. The average molecular weight is 353 g/mol. The molecule has 0 atom stereocenters. The van der Waals surface area contributed by atoms with Gasteiger partial charge in [0.25, 0.3) is 0 Å². The number of para-hydroxylation sites is 1. The lowest BCUT2D eigenvalue weighted by molar-refractivity contribution is 0.302. The Morgan fingerprint density at radius 1 is 0.731 bits per heavy atom. The van der Waals surface area contributed by atoms with Gasteiger partial charge in [0.15, 0.2) is 0 Å². The molecule has 3 aromatic carbocycles. The lowest BCUT2D eigenvalue weighted by Gasteiger charge is -2.12. The molecule has 0 aliphatic carbocycles. The molecule has 26 heavy (non-hydrogen) atoms. The van der Waals surface area contributed by atoms with Crippen LogP contribution in [-0.4, -0.2) is 6.54 Å². The molecule has 1 N–H and O–H groups in total. The van der Waals surface area contributed by atoms with Crippen molar-refractivity contribution in [1.29, 1.82) is 0 Å². The van der Waals surface area contributed by atoms with E-state index in [2.05, 4.69) is 5.32 Å². The minimum Gasteiger partial charge on any atom is -0.489 e. The Morgan fingerprint density at radius 2 is 1.35 bits per heavy atom. The van der Waals surface area contributed by atoms with Crippen LogP contribution >= 0.6 is 0 Å². The van der Waals surface area contributed by atoms with Gasteiger partial charge in [-0.15, -0.1) is 0 Å². The molecule has 0 aliphatic heterocycles. The van der Waals surface area contributed by atoms with Gasteiger partial charge in [0.1, 0.15) is 24.0 Å². The molecule has 0 fully saturated rings. The minimum absolute atomic E-state index is 0.214. The van der Waals surface area contributed by atoms with Crippen LogP contribution in [0.5, 0.6) is 5.75 Å². The van der Waals surface area contributed by atoms with Gasteiger partial charge < -0.3 is 10.1 Å². The van der Waals surface area contributed by atoms with Gasteiger partial charge in [-0.3, -0.25) is 0 Å². The predicted molar refractivity (Wildman–Crippen MR) is 99.0 cm³/mol. The van der Waals surface area contributed by atoms with Crippen LogP contribution in [-0.2, 0) is 19.6 Å². The summed E-state index contributed by atoms with van der Waals surface area (Å²) in [4.78, 5) is 0. The zero-order valence-electron chi connectivity index (χ0n) is 14.4. The number of hydrogen-bond donors (Lipinski definition) is 1. The second kappa shape index (κ2) is 9.11. The van der Waals surface area contributed by atoms with Crippen molar-refractivity contribution in [3.05, 3.63) is 101 Å². The van der Waals surface area contributed by atoms with E-state index in [9.17, 15) is 8.78 Å². The van der Waals surface area contributed by atoms with Crippen LogP contribution in [0.15, 0.2) is 72.8 Å². The van der Waals surface area contributed by atoms with Crippen LogP contribution in [0.4, 0.5) is 8.78 Å². The van der Waals surface area contributed by atoms with E-state index in [1.165, 1.54) is 24.3 Å². The molecule has 3 aromatic rings. The summed E-state index contributed by atoms with van der Waals surface area (Å²) in [6.07, 6.45) is 0.832. The van der Waals surface area contributed by atoms with Crippen molar-refractivity contribution < 1.29 is 13.5 Å². The summed E-state index contributed by atoms with van der Waals surface area (Å²) < 4.78 is 31.8. The molecule has 0 spiro atoms. The Labute approximate surface area is 152 Å². The van der Waals surface area contributed by atoms with Gasteiger partial charge in [0, 0.05) is 12.1 Å². The fourth-order valence-corrected chi connectivity index (χ4v) is 2.64. The molecule has 134 valence electrons. The van der Waals surface area contributed by atoms with Crippen LogP contribution in [0.25, 0.3) is 0 Å². The van der Waals surface area contributed by atoms with E-state index >= 15 is 0 Å². The zero-order valence-corrected chi connectivity index (χ0v) is 14.4. The fraction of sp³-hybridized carbons (Fsp3) is 0.182. The number of rotatable bonds is 8. The third-order valence-corrected chi connectivity index (χ3v) is 4.10. The maximum Gasteiger partial charge on any atom is 0.124 e. The second-order valence-electron chi connectivity index (χ2n) is 6.08. The molecule has 0 bridgehead atoms. The highest BCUT2D eigenvalue weighted by molar-refractivity contribution is 5.33. The molecule has 4 heteroatoms. The zero-order chi connectivity index (χ0) is 18.2. The number of benzene rings is 3. The van der Waals surface area contributed by atoms with Crippen LogP contribution < -0.4 is 10.1 Å². The summed E-state index contributed by atoms with van der Waals surface area (Å²) in [5.41, 5.74) is 3.08. The highest BCUT2D eigenvalue weighted by Crippen LogP contribution is 2.19. The quantitative estimate of drug-likeness (QED) is 0.583. The Bertz CT molecular complexity index is 816. The normalized spacial score (nSPS) is 10.7. The summed E-state index contributed by atoms with van der Waals surface area (Å²) in [6.45, 7) is 1.87. The van der Waals surface area contributed by atoms with Crippen molar-refractivity contribution in [2.75, 3.05) is 6.54 Å². The summed E-state index contributed by atoms with van der Waals surface area (Å²) >= 11 is 0. The van der Waals surface area contributed by atoms with Gasteiger partial charge in [-0.2, -0.15) is 0 Å². The summed E-state index contributed by atoms with van der Waals surface area (Å²) in [5, 5.41) is 3.39. The van der Waals surface area contributed by atoms with Gasteiger partial charge in [-0.1, -0.05) is 42.5 Å². The second-order valence-corrected chi connectivity index (χ2v) is 6.08. The predicted octanol–water partition coefficient (Wildman–Crippen LogP) is 4.88. The first-order valence-electron chi connectivity index (χ1n) is 8.61. The highest BCUT2D eigenvalue weighted by atomic mass is 19.1. The van der Waals surface area contributed by atoms with Crippen molar-refractivity contribution >= 4 is 0 Å². The smallest absolute Gasteiger partial charge is 0.124 e. The van der Waals surface area contributed by atoms with Crippen molar-refractivity contribution in [2.24, 2.45) is 0 Å². The van der Waals surface area contributed by atoms with Crippen LogP contribution in [0.3, 0.4) is 0 Å². The molecule has 0 aromatic heterocycles. The first-order chi connectivity index (χ1) is 12.7. The molecule has 2 nitrogen and oxygen atoms in total. The summed E-state index contributed by atoms with van der Waals surface area (Å²) in [5.74, 6) is 0.347. The van der Waals surface area contributed by atoms with Gasteiger partial charge in [0.2, 0.25) is 0 Å². The molecule has 3 rings (SSSR count). The van der Waals surface area contributed by atoms with E-state index in [1.54, 1.807) is 24.3 Å². The lowest BCUT2D eigenvalue weighted by atomic mass is 10.1. The first-order valence-corrected chi connectivity index (χ1v) is 8.61. The Morgan fingerprint density at radius 3 is 2.04 bits per heavy atom. The number of halogens is 2. The van der Waals surface area contributed by atoms with Gasteiger partial charge >= 0.3 is 0 Å². The highest BCUT2D eigenvalue weighted by Gasteiger charge is 2.04. The van der Waals surface area contributed by atoms with Crippen molar-refractivity contribution in [3.63, 3.8) is 0 Å². The minimum atomic E-state index is -0.250. The number of hydrogen-bond acceptors (Lipinski definition) is 2. The van der Waals surface area contributed by atoms with Crippen LogP contribution in [0.2, 0.25) is 0 Å². The Kier molecular flexibility index (Phi) is 6.34. The topological polar surface area (TPSA) is 21.3 Å². The van der Waals surface area contributed by atoms with E-state index < -0.39 is 0 Å². The van der Waals surface area contributed by atoms with E-state index in [0.717, 1.165) is 35.4 Å². The number of ether oxygens (including phenoxy) is 1. The molecular weight excluding hydrogens is 332 g/mol. The van der Waals surface area contributed by atoms with E-state index in [0.29, 0.717) is 13.2 Å². The van der Waals surface area contributed by atoms with E-state index in [-0.39, 0.29) is 11.6 Å². The SMILES string of the molecule is Fc1ccc(CCNCc2ccccc2OCc2ccc(F)cc2)cc1. The van der Waals surface area contributed by atoms with Crippen molar-refractivity contribution in [3.8, 4) is 5.75 Å². The lowest BCUT2D eigenvalue weighted by Crippen LogP contribution is -2.17. The maximum absolute atomic E-state index is 13.0. The first kappa shape index (κ1) is 18.1. The molecule has 0 radical (unpaired) electrons. The molecule has 0 unspecified atom stereocenters. The monoisotopic (exact) mass is 353 g/mol.